The van der Waals surface area contributed by atoms with Crippen molar-refractivity contribution < 1.29 is 28.6 Å². The number of hydrogen-bond donors (Lipinski definition) is 0. The molecule has 0 aromatic heterocycles. The first-order valence-electron chi connectivity index (χ1n) is 33.1. The number of unbranched alkanes of at least 4 members (excludes halogenated alkanes) is 42. The normalized spacial score (nSPS) is 12.3. The summed E-state index contributed by atoms with van der Waals surface area (Å²) in [6.07, 6.45) is 79.9. The van der Waals surface area contributed by atoms with Crippen LogP contribution in [0.2, 0.25) is 0 Å². The lowest BCUT2D eigenvalue weighted by molar-refractivity contribution is -0.167. The lowest BCUT2D eigenvalue weighted by Gasteiger charge is -2.18. The van der Waals surface area contributed by atoms with Gasteiger partial charge in [-0.05, 0) is 103 Å². The number of allylic oxidation sites excluding steroid dienone is 8. The molecule has 6 nitrogen and oxygen atoms in total. The molecule has 1 atom stereocenters. The highest BCUT2D eigenvalue weighted by Gasteiger charge is 2.19. The first-order valence-corrected chi connectivity index (χ1v) is 33.1. The van der Waals surface area contributed by atoms with Crippen LogP contribution in [0.3, 0.4) is 0 Å². The van der Waals surface area contributed by atoms with Crippen LogP contribution in [0.15, 0.2) is 48.6 Å². The fourth-order valence-corrected chi connectivity index (χ4v) is 9.76. The SMILES string of the molecule is CCCCC/C=C\CCCCCCCC(=O)OCC(COC(=O)CCCCCCCCCCCCCCCCC/C=C\CCCCCCCCCC)OC(=O)CCCCCCCCC/C=C\C/C=C\CCCCCC. The van der Waals surface area contributed by atoms with Gasteiger partial charge in [-0.1, -0.05) is 281 Å². The first-order chi connectivity index (χ1) is 37.0. The third-order valence-corrected chi connectivity index (χ3v) is 14.8. The van der Waals surface area contributed by atoms with Gasteiger partial charge in [0.25, 0.3) is 0 Å². The van der Waals surface area contributed by atoms with E-state index in [0.29, 0.717) is 19.3 Å². The minimum Gasteiger partial charge on any atom is -0.462 e. The van der Waals surface area contributed by atoms with Gasteiger partial charge in [0, 0.05) is 19.3 Å². The third kappa shape index (κ3) is 62.1. The van der Waals surface area contributed by atoms with Gasteiger partial charge in [-0.15, -0.1) is 0 Å². The van der Waals surface area contributed by atoms with Gasteiger partial charge in [-0.25, -0.2) is 0 Å². The Balaban J connectivity index is 4.22. The van der Waals surface area contributed by atoms with Crippen LogP contribution >= 0.6 is 0 Å². The van der Waals surface area contributed by atoms with E-state index >= 15 is 0 Å². The largest absolute Gasteiger partial charge is 0.462 e. The molecule has 0 rings (SSSR count). The van der Waals surface area contributed by atoms with Gasteiger partial charge in [0.1, 0.15) is 13.2 Å². The smallest absolute Gasteiger partial charge is 0.306 e. The fraction of sp³-hybridized carbons (Fsp3) is 0.841. The second-order valence-corrected chi connectivity index (χ2v) is 22.4. The quantitative estimate of drug-likeness (QED) is 0.0261. The number of carbonyl (C=O) groups excluding carboxylic acids is 3. The summed E-state index contributed by atoms with van der Waals surface area (Å²) in [4.78, 5) is 38.3. The minimum absolute atomic E-state index is 0.0761. The molecule has 0 aliphatic heterocycles. The summed E-state index contributed by atoms with van der Waals surface area (Å²) < 4.78 is 16.9. The Hall–Kier alpha value is -2.63. The van der Waals surface area contributed by atoms with E-state index in [1.165, 1.54) is 238 Å². The summed E-state index contributed by atoms with van der Waals surface area (Å²) in [5.41, 5.74) is 0. The van der Waals surface area contributed by atoms with Crippen LogP contribution in [-0.2, 0) is 28.6 Å². The standard InChI is InChI=1S/C69H126O6/c1-4-7-10-13-16-19-22-25-27-29-31-32-33-34-35-36-37-38-39-41-42-44-47-50-53-56-59-62-68(71)74-65-66(64-73-67(70)61-58-55-52-49-46-24-21-18-15-12-9-6-3)75-69(72)63-60-57-54-51-48-45-43-40-30-28-26-23-20-17-14-11-8-5-2/h18,20-21,23,28-31,66H,4-17,19,22,24-27,32-65H2,1-3H3/b21-18-,23-20-,30-28-,31-29-. The Morgan fingerprint density at radius 1 is 0.267 bits per heavy atom. The lowest BCUT2D eigenvalue weighted by atomic mass is 10.0. The predicted molar refractivity (Wildman–Crippen MR) is 325 cm³/mol. The van der Waals surface area contributed by atoms with Crippen molar-refractivity contribution in [3.63, 3.8) is 0 Å². The van der Waals surface area contributed by atoms with E-state index < -0.39 is 6.10 Å². The highest BCUT2D eigenvalue weighted by molar-refractivity contribution is 5.71. The molecule has 6 heteroatoms. The van der Waals surface area contributed by atoms with Crippen LogP contribution in [-0.4, -0.2) is 37.2 Å². The molecule has 1 unspecified atom stereocenters. The molecule has 0 radical (unpaired) electrons. The molecule has 0 spiro atoms. The third-order valence-electron chi connectivity index (χ3n) is 14.8. The molecular weight excluding hydrogens is 925 g/mol. The van der Waals surface area contributed by atoms with Gasteiger partial charge in [0.2, 0.25) is 0 Å². The van der Waals surface area contributed by atoms with Crippen LogP contribution in [0, 0.1) is 0 Å². The average molecular weight is 1050 g/mol. The number of esters is 3. The summed E-state index contributed by atoms with van der Waals surface area (Å²) in [6, 6.07) is 0. The molecule has 0 saturated heterocycles. The van der Waals surface area contributed by atoms with Crippen molar-refractivity contribution in [2.45, 2.75) is 361 Å². The Labute approximate surface area is 467 Å². The van der Waals surface area contributed by atoms with Gasteiger partial charge in [-0.3, -0.25) is 14.4 Å². The van der Waals surface area contributed by atoms with E-state index in [-0.39, 0.29) is 31.1 Å². The average Bonchev–Trinajstić information content (AvgIpc) is 3.41. The molecule has 75 heavy (non-hydrogen) atoms. The zero-order valence-electron chi connectivity index (χ0n) is 50.3. The Bertz CT molecular complexity index is 1300. The highest BCUT2D eigenvalue weighted by atomic mass is 16.6. The molecule has 0 aliphatic carbocycles. The van der Waals surface area contributed by atoms with Crippen molar-refractivity contribution in [2.24, 2.45) is 0 Å². The van der Waals surface area contributed by atoms with E-state index in [1.807, 2.05) is 0 Å². The summed E-state index contributed by atoms with van der Waals surface area (Å²) in [6.45, 7) is 6.63. The molecule has 0 saturated carbocycles. The van der Waals surface area contributed by atoms with Gasteiger partial charge in [0.15, 0.2) is 6.10 Å². The van der Waals surface area contributed by atoms with Crippen molar-refractivity contribution in [3.8, 4) is 0 Å². The highest BCUT2D eigenvalue weighted by Crippen LogP contribution is 2.17. The van der Waals surface area contributed by atoms with Crippen LogP contribution in [0.4, 0.5) is 0 Å². The zero-order chi connectivity index (χ0) is 54.3. The fourth-order valence-electron chi connectivity index (χ4n) is 9.76. The van der Waals surface area contributed by atoms with Crippen LogP contribution in [0.1, 0.15) is 355 Å². The van der Waals surface area contributed by atoms with E-state index in [9.17, 15) is 14.4 Å². The molecule has 0 aromatic rings. The zero-order valence-corrected chi connectivity index (χ0v) is 50.3. The van der Waals surface area contributed by atoms with E-state index in [4.69, 9.17) is 14.2 Å². The Morgan fingerprint density at radius 3 is 0.787 bits per heavy atom. The molecule has 0 amide bonds. The molecule has 0 fully saturated rings. The Morgan fingerprint density at radius 2 is 0.480 bits per heavy atom. The maximum atomic E-state index is 12.9. The van der Waals surface area contributed by atoms with Crippen molar-refractivity contribution in [3.05, 3.63) is 48.6 Å². The van der Waals surface area contributed by atoms with E-state index in [0.717, 1.165) is 77.0 Å². The topological polar surface area (TPSA) is 78.9 Å². The molecular formula is C69H126O6. The monoisotopic (exact) mass is 1050 g/mol. The summed E-state index contributed by atoms with van der Waals surface area (Å²) in [5.74, 6) is -0.874. The molecule has 0 N–H and O–H groups in total. The van der Waals surface area contributed by atoms with Gasteiger partial charge in [0.05, 0.1) is 0 Å². The summed E-state index contributed by atoms with van der Waals surface area (Å²) in [7, 11) is 0. The van der Waals surface area contributed by atoms with Crippen molar-refractivity contribution in [2.75, 3.05) is 13.2 Å². The predicted octanol–water partition coefficient (Wildman–Crippen LogP) is 22.6. The number of carbonyl (C=O) groups is 3. The molecule has 438 valence electrons. The van der Waals surface area contributed by atoms with Crippen LogP contribution in [0.5, 0.6) is 0 Å². The van der Waals surface area contributed by atoms with E-state index in [1.54, 1.807) is 0 Å². The maximum absolute atomic E-state index is 12.9. The van der Waals surface area contributed by atoms with Crippen molar-refractivity contribution in [1.82, 2.24) is 0 Å². The second kappa shape index (κ2) is 63.9. The van der Waals surface area contributed by atoms with Gasteiger partial charge in [-0.2, -0.15) is 0 Å². The van der Waals surface area contributed by atoms with Gasteiger partial charge >= 0.3 is 17.9 Å². The summed E-state index contributed by atoms with van der Waals surface area (Å²) >= 11 is 0. The molecule has 0 aliphatic rings. The number of hydrogen-bond acceptors (Lipinski definition) is 6. The number of ether oxygens (including phenoxy) is 3. The van der Waals surface area contributed by atoms with Crippen LogP contribution in [0.25, 0.3) is 0 Å². The molecule has 0 heterocycles. The minimum atomic E-state index is -0.780. The molecule has 0 aromatic carbocycles. The molecule has 0 bridgehead atoms. The van der Waals surface area contributed by atoms with Crippen molar-refractivity contribution in [1.29, 1.82) is 0 Å². The van der Waals surface area contributed by atoms with Gasteiger partial charge < -0.3 is 14.2 Å². The van der Waals surface area contributed by atoms with Crippen LogP contribution < -0.4 is 0 Å². The van der Waals surface area contributed by atoms with Crippen molar-refractivity contribution >= 4 is 17.9 Å². The van der Waals surface area contributed by atoms with E-state index in [2.05, 4.69) is 69.4 Å². The lowest BCUT2D eigenvalue weighted by Crippen LogP contribution is -2.30. The second-order valence-electron chi connectivity index (χ2n) is 22.4. The Kier molecular flexibility index (Phi) is 61.7. The summed E-state index contributed by atoms with van der Waals surface area (Å²) in [5, 5.41) is 0. The maximum Gasteiger partial charge on any atom is 0.306 e. The first kappa shape index (κ1) is 72.4. The number of rotatable bonds is 61.